The molecule has 2 nitrogen and oxygen atoms in total. The molecule has 2 fully saturated rings. The van der Waals surface area contributed by atoms with Crippen molar-refractivity contribution in [2.45, 2.75) is 51.6 Å². The topological polar surface area (TPSA) is 26.3 Å². The number of carbonyl (C=O) groups excluding carboxylic acids is 1. The van der Waals surface area contributed by atoms with Crippen molar-refractivity contribution < 1.29 is 9.53 Å². The number of esters is 1. The maximum atomic E-state index is 12.1. The minimum Gasteiger partial charge on any atom is -0.461 e. The number of carbonyl (C=O) groups is 1. The fourth-order valence-electron chi connectivity index (χ4n) is 3.49. The van der Waals surface area contributed by atoms with Crippen molar-refractivity contribution in [1.82, 2.24) is 0 Å². The third-order valence-corrected chi connectivity index (χ3v) is 5.02. The lowest BCUT2D eigenvalue weighted by Crippen LogP contribution is -2.36. The van der Waals surface area contributed by atoms with E-state index in [0.717, 1.165) is 18.4 Å². The summed E-state index contributed by atoms with van der Waals surface area (Å²) in [6, 6.07) is 9.92. The predicted molar refractivity (Wildman–Crippen MR) is 74.5 cm³/mol. The van der Waals surface area contributed by atoms with E-state index in [0.29, 0.717) is 12.0 Å². The van der Waals surface area contributed by atoms with Gasteiger partial charge in [0.2, 0.25) is 0 Å². The standard InChI is InChI=1S/C17H22O2/c18-16(19-13-14-5-2-1-3-6-14)15-7-11-17(12-8-15)9-4-10-17/h1-3,5-6,15H,4,7-13H2. The fourth-order valence-corrected chi connectivity index (χ4v) is 3.49. The van der Waals surface area contributed by atoms with Crippen LogP contribution in [0.4, 0.5) is 0 Å². The van der Waals surface area contributed by atoms with Crippen LogP contribution in [0.1, 0.15) is 50.5 Å². The molecule has 1 aromatic rings. The Morgan fingerprint density at radius 2 is 1.79 bits per heavy atom. The molecule has 2 aliphatic rings. The summed E-state index contributed by atoms with van der Waals surface area (Å²) >= 11 is 0. The second-order valence-corrected chi connectivity index (χ2v) is 6.22. The predicted octanol–water partition coefficient (Wildman–Crippen LogP) is 4.09. The van der Waals surface area contributed by atoms with Gasteiger partial charge in [0.1, 0.15) is 6.61 Å². The minimum atomic E-state index is 0.0121. The van der Waals surface area contributed by atoms with Gasteiger partial charge in [0, 0.05) is 0 Å². The van der Waals surface area contributed by atoms with Crippen molar-refractivity contribution in [2.24, 2.45) is 11.3 Å². The second kappa shape index (κ2) is 5.36. The molecule has 0 radical (unpaired) electrons. The highest BCUT2D eigenvalue weighted by Crippen LogP contribution is 2.52. The molecule has 0 atom stereocenters. The highest BCUT2D eigenvalue weighted by Gasteiger charge is 2.41. The number of hydrogen-bond acceptors (Lipinski definition) is 2. The second-order valence-electron chi connectivity index (χ2n) is 6.22. The van der Waals surface area contributed by atoms with E-state index < -0.39 is 0 Å². The summed E-state index contributed by atoms with van der Waals surface area (Å²) in [4.78, 5) is 12.1. The lowest BCUT2D eigenvalue weighted by atomic mass is 9.59. The van der Waals surface area contributed by atoms with Crippen LogP contribution in [0.15, 0.2) is 30.3 Å². The molecule has 2 heteroatoms. The zero-order valence-electron chi connectivity index (χ0n) is 11.4. The average molecular weight is 258 g/mol. The number of rotatable bonds is 3. The summed E-state index contributed by atoms with van der Waals surface area (Å²) in [7, 11) is 0. The highest BCUT2D eigenvalue weighted by molar-refractivity contribution is 5.72. The van der Waals surface area contributed by atoms with Gasteiger partial charge in [-0.05, 0) is 49.5 Å². The van der Waals surface area contributed by atoms with Gasteiger partial charge in [0.15, 0.2) is 0 Å². The Labute approximate surface area is 115 Å². The molecule has 3 rings (SSSR count). The van der Waals surface area contributed by atoms with Crippen LogP contribution in [0.5, 0.6) is 0 Å². The number of benzene rings is 1. The highest BCUT2D eigenvalue weighted by atomic mass is 16.5. The molecule has 19 heavy (non-hydrogen) atoms. The molecule has 0 aromatic heterocycles. The molecular formula is C17H22O2. The van der Waals surface area contributed by atoms with Gasteiger partial charge in [0.25, 0.3) is 0 Å². The van der Waals surface area contributed by atoms with Gasteiger partial charge in [-0.15, -0.1) is 0 Å². The van der Waals surface area contributed by atoms with Crippen molar-refractivity contribution >= 4 is 5.97 Å². The van der Waals surface area contributed by atoms with Crippen LogP contribution in [0, 0.1) is 11.3 Å². The van der Waals surface area contributed by atoms with E-state index in [2.05, 4.69) is 0 Å². The van der Waals surface area contributed by atoms with Gasteiger partial charge in [-0.25, -0.2) is 0 Å². The monoisotopic (exact) mass is 258 g/mol. The summed E-state index contributed by atoms with van der Waals surface area (Å²) in [5, 5.41) is 0. The van der Waals surface area contributed by atoms with Gasteiger partial charge >= 0.3 is 5.97 Å². The summed E-state index contributed by atoms with van der Waals surface area (Å²) in [6.07, 6.45) is 8.71. The Kier molecular flexibility index (Phi) is 3.58. The van der Waals surface area contributed by atoms with Crippen molar-refractivity contribution in [3.63, 3.8) is 0 Å². The summed E-state index contributed by atoms with van der Waals surface area (Å²) in [5.41, 5.74) is 1.69. The first-order valence-corrected chi connectivity index (χ1v) is 7.48. The van der Waals surface area contributed by atoms with Crippen molar-refractivity contribution in [1.29, 1.82) is 0 Å². The zero-order chi connectivity index (χ0) is 13.1. The largest absolute Gasteiger partial charge is 0.461 e. The summed E-state index contributed by atoms with van der Waals surface area (Å²) in [6.45, 7) is 0.418. The van der Waals surface area contributed by atoms with Crippen LogP contribution in [-0.2, 0) is 16.1 Å². The maximum absolute atomic E-state index is 12.1. The van der Waals surface area contributed by atoms with Crippen LogP contribution >= 0.6 is 0 Å². The van der Waals surface area contributed by atoms with Crippen LogP contribution in [0.2, 0.25) is 0 Å². The van der Waals surface area contributed by atoms with Crippen molar-refractivity contribution in [3.05, 3.63) is 35.9 Å². The first kappa shape index (κ1) is 12.7. The van der Waals surface area contributed by atoms with Gasteiger partial charge in [-0.2, -0.15) is 0 Å². The quantitative estimate of drug-likeness (QED) is 0.763. The van der Waals surface area contributed by atoms with Crippen LogP contribution < -0.4 is 0 Å². The SMILES string of the molecule is O=C(OCc1ccccc1)C1CCC2(CCC2)CC1. The minimum absolute atomic E-state index is 0.0121. The Balaban J connectivity index is 1.46. The Hall–Kier alpha value is -1.31. The van der Waals surface area contributed by atoms with Gasteiger partial charge in [0.05, 0.1) is 5.92 Å². The lowest BCUT2D eigenvalue weighted by molar-refractivity contribution is -0.152. The van der Waals surface area contributed by atoms with Crippen molar-refractivity contribution in [2.75, 3.05) is 0 Å². The molecule has 1 spiro atoms. The molecular weight excluding hydrogens is 236 g/mol. The van der Waals surface area contributed by atoms with E-state index in [4.69, 9.17) is 4.74 Å². The maximum Gasteiger partial charge on any atom is 0.309 e. The molecule has 0 amide bonds. The molecule has 0 bridgehead atoms. The molecule has 0 heterocycles. The fraction of sp³-hybridized carbons (Fsp3) is 0.588. The van der Waals surface area contributed by atoms with Crippen molar-refractivity contribution in [3.8, 4) is 0 Å². The average Bonchev–Trinajstić information content (AvgIpc) is 2.44. The van der Waals surface area contributed by atoms with E-state index in [1.165, 1.54) is 32.1 Å². The molecule has 2 aliphatic carbocycles. The van der Waals surface area contributed by atoms with Crippen LogP contribution in [-0.4, -0.2) is 5.97 Å². The molecule has 0 N–H and O–H groups in total. The molecule has 0 aliphatic heterocycles. The van der Waals surface area contributed by atoms with Gasteiger partial charge < -0.3 is 4.74 Å². The Morgan fingerprint density at radius 3 is 2.37 bits per heavy atom. The van der Waals surface area contributed by atoms with E-state index in [1.54, 1.807) is 0 Å². The first-order valence-electron chi connectivity index (χ1n) is 7.48. The Morgan fingerprint density at radius 1 is 1.11 bits per heavy atom. The third-order valence-electron chi connectivity index (χ3n) is 5.02. The Bertz CT molecular complexity index is 424. The molecule has 102 valence electrons. The van der Waals surface area contributed by atoms with E-state index in [1.807, 2.05) is 30.3 Å². The number of ether oxygens (including phenoxy) is 1. The van der Waals surface area contributed by atoms with Crippen LogP contribution in [0.25, 0.3) is 0 Å². The molecule has 1 aromatic carbocycles. The van der Waals surface area contributed by atoms with Crippen LogP contribution in [0.3, 0.4) is 0 Å². The molecule has 0 unspecified atom stereocenters. The lowest BCUT2D eigenvalue weighted by Gasteiger charge is -2.46. The van der Waals surface area contributed by atoms with E-state index >= 15 is 0 Å². The zero-order valence-corrected chi connectivity index (χ0v) is 11.4. The molecule has 0 saturated heterocycles. The normalized spacial score (nSPS) is 21.9. The molecule has 2 saturated carbocycles. The van der Waals surface area contributed by atoms with Gasteiger partial charge in [-0.3, -0.25) is 4.79 Å². The number of hydrogen-bond donors (Lipinski definition) is 0. The summed E-state index contributed by atoms with van der Waals surface area (Å²) in [5.74, 6) is 0.160. The third kappa shape index (κ3) is 2.83. The first-order chi connectivity index (χ1) is 9.27. The smallest absolute Gasteiger partial charge is 0.309 e. The van der Waals surface area contributed by atoms with E-state index in [-0.39, 0.29) is 11.9 Å². The summed E-state index contributed by atoms with van der Waals surface area (Å²) < 4.78 is 5.45. The van der Waals surface area contributed by atoms with E-state index in [9.17, 15) is 4.79 Å². The van der Waals surface area contributed by atoms with Gasteiger partial charge in [-0.1, -0.05) is 36.8 Å².